The van der Waals surface area contributed by atoms with Crippen LogP contribution in [-0.4, -0.2) is 27.6 Å². The third-order valence-electron chi connectivity index (χ3n) is 3.63. The summed E-state index contributed by atoms with van der Waals surface area (Å²) < 4.78 is 2.35. The Morgan fingerprint density at radius 3 is 3.06 bits per heavy atom. The summed E-state index contributed by atoms with van der Waals surface area (Å²) in [5, 5.41) is 3.48. The van der Waals surface area contributed by atoms with Crippen LogP contribution in [0.5, 0.6) is 0 Å². The number of aromatic nitrogens is 3. The van der Waals surface area contributed by atoms with Crippen molar-refractivity contribution in [2.45, 2.75) is 38.6 Å². The van der Waals surface area contributed by atoms with Crippen molar-refractivity contribution in [2.24, 2.45) is 0 Å². The molecule has 2 aromatic rings. The molecule has 0 radical (unpaired) electrons. The van der Waals surface area contributed by atoms with E-state index in [0.717, 1.165) is 30.1 Å². The van der Waals surface area contributed by atoms with Gasteiger partial charge in [0, 0.05) is 24.7 Å². The first-order valence-corrected chi connectivity index (χ1v) is 6.81. The zero-order valence-corrected chi connectivity index (χ0v) is 11.1. The fourth-order valence-corrected chi connectivity index (χ4v) is 2.77. The molecule has 18 heavy (non-hydrogen) atoms. The van der Waals surface area contributed by atoms with Gasteiger partial charge < -0.3 is 9.88 Å². The molecule has 1 aliphatic heterocycles. The molecule has 3 rings (SSSR count). The summed E-state index contributed by atoms with van der Waals surface area (Å²) >= 11 is 0. The second-order valence-electron chi connectivity index (χ2n) is 5.34. The van der Waals surface area contributed by atoms with E-state index in [9.17, 15) is 0 Å². The second kappa shape index (κ2) is 4.69. The average molecular weight is 244 g/mol. The van der Waals surface area contributed by atoms with Crippen LogP contribution in [0.15, 0.2) is 18.3 Å². The van der Waals surface area contributed by atoms with Crippen LogP contribution in [0, 0.1) is 0 Å². The lowest BCUT2D eigenvalue weighted by Crippen LogP contribution is -2.32. The lowest BCUT2D eigenvalue weighted by Gasteiger charge is -2.26. The quantitative estimate of drug-likeness (QED) is 0.882. The molecule has 1 N–H and O–H groups in total. The maximum atomic E-state index is 4.76. The molecule has 0 bridgehead atoms. The van der Waals surface area contributed by atoms with Crippen LogP contribution in [0.1, 0.15) is 44.5 Å². The highest BCUT2D eigenvalue weighted by Gasteiger charge is 2.22. The van der Waals surface area contributed by atoms with Crippen LogP contribution in [0.2, 0.25) is 0 Å². The number of hydrogen-bond donors (Lipinski definition) is 1. The average Bonchev–Trinajstić information content (AvgIpc) is 2.79. The van der Waals surface area contributed by atoms with Gasteiger partial charge in [0.15, 0.2) is 5.65 Å². The van der Waals surface area contributed by atoms with Crippen LogP contribution >= 0.6 is 0 Å². The number of nitrogens with zero attached hydrogens (tertiary/aromatic N) is 3. The third kappa shape index (κ3) is 1.90. The summed E-state index contributed by atoms with van der Waals surface area (Å²) in [5.74, 6) is 1.60. The van der Waals surface area contributed by atoms with Gasteiger partial charge in [-0.25, -0.2) is 9.97 Å². The van der Waals surface area contributed by atoms with E-state index in [1.165, 1.54) is 12.8 Å². The van der Waals surface area contributed by atoms with E-state index in [1.54, 1.807) is 0 Å². The van der Waals surface area contributed by atoms with Crippen LogP contribution in [0.25, 0.3) is 11.2 Å². The summed E-state index contributed by atoms with van der Waals surface area (Å²) in [6.45, 7) is 6.57. The Bertz CT molecular complexity index is 538. The van der Waals surface area contributed by atoms with Gasteiger partial charge in [0.2, 0.25) is 0 Å². The minimum absolute atomic E-state index is 0.432. The van der Waals surface area contributed by atoms with Crippen LogP contribution in [0.4, 0.5) is 0 Å². The highest BCUT2D eigenvalue weighted by Crippen LogP contribution is 2.27. The molecule has 4 nitrogen and oxygen atoms in total. The van der Waals surface area contributed by atoms with Crippen molar-refractivity contribution in [1.82, 2.24) is 19.9 Å². The standard InChI is InChI=1S/C14H20N4/c1-10(2)13-17-12-6-4-8-16-14(12)18(13)11-5-3-7-15-9-11/h4,6,8,10-11,15H,3,5,7,9H2,1-2H3. The van der Waals surface area contributed by atoms with Crippen molar-refractivity contribution in [3.05, 3.63) is 24.2 Å². The zero-order chi connectivity index (χ0) is 12.5. The Morgan fingerprint density at radius 1 is 1.44 bits per heavy atom. The molecule has 2 aromatic heterocycles. The van der Waals surface area contributed by atoms with Gasteiger partial charge in [0.25, 0.3) is 0 Å². The number of nitrogens with one attached hydrogen (secondary N) is 1. The lowest BCUT2D eigenvalue weighted by atomic mass is 10.1. The number of rotatable bonds is 2. The van der Waals surface area contributed by atoms with E-state index in [0.29, 0.717) is 12.0 Å². The molecule has 1 atom stereocenters. The highest BCUT2D eigenvalue weighted by atomic mass is 15.2. The largest absolute Gasteiger partial charge is 0.315 e. The Kier molecular flexibility index (Phi) is 3.04. The van der Waals surface area contributed by atoms with Gasteiger partial charge in [-0.3, -0.25) is 0 Å². The molecular weight excluding hydrogens is 224 g/mol. The van der Waals surface area contributed by atoms with Gasteiger partial charge in [-0.15, -0.1) is 0 Å². The van der Waals surface area contributed by atoms with Crippen molar-refractivity contribution in [2.75, 3.05) is 13.1 Å². The van der Waals surface area contributed by atoms with Gasteiger partial charge in [-0.1, -0.05) is 13.8 Å². The normalized spacial score (nSPS) is 20.7. The Balaban J connectivity index is 2.14. The molecule has 0 saturated carbocycles. The first-order chi connectivity index (χ1) is 8.77. The van der Waals surface area contributed by atoms with Crippen molar-refractivity contribution in [3.63, 3.8) is 0 Å². The molecule has 96 valence electrons. The molecule has 0 amide bonds. The Hall–Kier alpha value is -1.42. The number of piperidine rings is 1. The second-order valence-corrected chi connectivity index (χ2v) is 5.34. The minimum Gasteiger partial charge on any atom is -0.315 e. The topological polar surface area (TPSA) is 42.7 Å². The molecule has 0 spiro atoms. The van der Waals surface area contributed by atoms with Crippen LogP contribution in [0.3, 0.4) is 0 Å². The smallest absolute Gasteiger partial charge is 0.160 e. The Labute approximate surface area is 107 Å². The number of pyridine rings is 1. The van der Waals surface area contributed by atoms with Crippen molar-refractivity contribution >= 4 is 11.2 Å². The fourth-order valence-electron chi connectivity index (χ4n) is 2.77. The molecule has 1 saturated heterocycles. The molecule has 4 heteroatoms. The van der Waals surface area contributed by atoms with E-state index in [2.05, 4.69) is 34.8 Å². The van der Waals surface area contributed by atoms with Crippen molar-refractivity contribution in [3.8, 4) is 0 Å². The van der Waals surface area contributed by atoms with Gasteiger partial charge in [0.1, 0.15) is 11.3 Å². The third-order valence-corrected chi connectivity index (χ3v) is 3.63. The number of fused-ring (bicyclic) bond motifs is 1. The van der Waals surface area contributed by atoms with Gasteiger partial charge in [-0.05, 0) is 31.5 Å². The zero-order valence-electron chi connectivity index (χ0n) is 11.1. The SMILES string of the molecule is CC(C)c1nc2cccnc2n1C1CCCNC1. The molecule has 1 aliphatic rings. The highest BCUT2D eigenvalue weighted by molar-refractivity contribution is 5.71. The van der Waals surface area contributed by atoms with E-state index >= 15 is 0 Å². The summed E-state index contributed by atoms with van der Waals surface area (Å²) in [5.41, 5.74) is 2.06. The van der Waals surface area contributed by atoms with Crippen LogP contribution < -0.4 is 5.32 Å². The van der Waals surface area contributed by atoms with E-state index in [1.807, 2.05) is 12.3 Å². The molecule has 0 aliphatic carbocycles. The first kappa shape index (κ1) is 11.7. The minimum atomic E-state index is 0.432. The van der Waals surface area contributed by atoms with E-state index in [-0.39, 0.29) is 0 Å². The molecule has 1 fully saturated rings. The van der Waals surface area contributed by atoms with Crippen molar-refractivity contribution in [1.29, 1.82) is 0 Å². The van der Waals surface area contributed by atoms with Crippen molar-refractivity contribution < 1.29 is 0 Å². The van der Waals surface area contributed by atoms with Gasteiger partial charge in [0.05, 0.1) is 0 Å². The molecule has 0 aromatic carbocycles. The number of imidazole rings is 1. The predicted molar refractivity (Wildman–Crippen MR) is 72.8 cm³/mol. The molecule has 1 unspecified atom stereocenters. The van der Waals surface area contributed by atoms with E-state index in [4.69, 9.17) is 4.98 Å². The maximum absolute atomic E-state index is 4.76. The molecule has 3 heterocycles. The summed E-state index contributed by atoms with van der Waals surface area (Å²) in [7, 11) is 0. The maximum Gasteiger partial charge on any atom is 0.160 e. The Morgan fingerprint density at radius 2 is 2.33 bits per heavy atom. The summed E-state index contributed by atoms with van der Waals surface area (Å²) in [6, 6.07) is 4.51. The number of hydrogen-bond acceptors (Lipinski definition) is 3. The van der Waals surface area contributed by atoms with Gasteiger partial charge >= 0.3 is 0 Å². The first-order valence-electron chi connectivity index (χ1n) is 6.81. The lowest BCUT2D eigenvalue weighted by molar-refractivity contribution is 0.366. The van der Waals surface area contributed by atoms with Gasteiger partial charge in [-0.2, -0.15) is 0 Å². The van der Waals surface area contributed by atoms with E-state index < -0.39 is 0 Å². The fraction of sp³-hybridized carbons (Fsp3) is 0.571. The summed E-state index contributed by atoms with van der Waals surface area (Å²) in [4.78, 5) is 9.29. The van der Waals surface area contributed by atoms with Crippen LogP contribution in [-0.2, 0) is 0 Å². The monoisotopic (exact) mass is 244 g/mol. The molecular formula is C14H20N4. The summed E-state index contributed by atoms with van der Waals surface area (Å²) in [6.07, 6.45) is 4.31. The predicted octanol–water partition coefficient (Wildman–Crippen LogP) is 2.48.